The quantitative estimate of drug-likeness (QED) is 0.922. The third kappa shape index (κ3) is 4.32. The number of rotatable bonds is 4. The van der Waals surface area contributed by atoms with E-state index in [0.717, 1.165) is 30.4 Å². The van der Waals surface area contributed by atoms with Crippen LogP contribution in [0.5, 0.6) is 0 Å². The Morgan fingerprint density at radius 3 is 2.53 bits per heavy atom. The number of piperidine rings is 1. The van der Waals surface area contributed by atoms with Crippen LogP contribution in [0.4, 0.5) is 0 Å². The SMILES string of the molecule is C[C@@H](NCC(=O)N1CCCCC1)c1ccc(Br)cc1. The lowest BCUT2D eigenvalue weighted by atomic mass is 10.1. The Balaban J connectivity index is 1.80. The first-order valence-corrected chi connectivity index (χ1v) is 7.73. The second-order valence-corrected chi connectivity index (χ2v) is 6.01. The minimum atomic E-state index is 0.196. The van der Waals surface area contributed by atoms with Gasteiger partial charge in [0.1, 0.15) is 0 Å². The summed E-state index contributed by atoms with van der Waals surface area (Å²) in [6.07, 6.45) is 3.55. The molecule has 0 spiro atoms. The van der Waals surface area contributed by atoms with Crippen LogP contribution >= 0.6 is 15.9 Å². The third-order valence-electron chi connectivity index (χ3n) is 3.64. The Morgan fingerprint density at radius 1 is 1.26 bits per heavy atom. The van der Waals surface area contributed by atoms with Crippen molar-refractivity contribution in [3.05, 3.63) is 34.3 Å². The van der Waals surface area contributed by atoms with E-state index in [9.17, 15) is 4.79 Å². The number of carbonyl (C=O) groups is 1. The molecule has 1 saturated heterocycles. The molecular formula is C15H21BrN2O. The number of hydrogen-bond acceptors (Lipinski definition) is 2. The fraction of sp³-hybridized carbons (Fsp3) is 0.533. The van der Waals surface area contributed by atoms with Gasteiger partial charge in [0.15, 0.2) is 0 Å². The summed E-state index contributed by atoms with van der Waals surface area (Å²) in [6, 6.07) is 8.40. The summed E-state index contributed by atoms with van der Waals surface area (Å²) < 4.78 is 1.08. The molecule has 1 amide bonds. The van der Waals surface area contributed by atoms with Crippen molar-refractivity contribution >= 4 is 21.8 Å². The van der Waals surface area contributed by atoms with Crippen molar-refractivity contribution in [3.63, 3.8) is 0 Å². The topological polar surface area (TPSA) is 32.3 Å². The molecule has 2 rings (SSSR count). The molecular weight excluding hydrogens is 304 g/mol. The molecule has 1 heterocycles. The molecule has 1 aromatic rings. The van der Waals surface area contributed by atoms with Gasteiger partial charge in [0.2, 0.25) is 5.91 Å². The van der Waals surface area contributed by atoms with Crippen molar-refractivity contribution in [2.45, 2.75) is 32.2 Å². The van der Waals surface area contributed by atoms with Crippen molar-refractivity contribution < 1.29 is 4.79 Å². The number of halogens is 1. The fourth-order valence-electron chi connectivity index (χ4n) is 2.36. The van der Waals surface area contributed by atoms with Crippen LogP contribution in [0.3, 0.4) is 0 Å². The minimum absolute atomic E-state index is 0.196. The van der Waals surface area contributed by atoms with Crippen molar-refractivity contribution in [1.82, 2.24) is 10.2 Å². The first kappa shape index (κ1) is 14.5. The molecule has 104 valence electrons. The Kier molecular flexibility index (Phi) is 5.40. The molecule has 4 heteroatoms. The highest BCUT2D eigenvalue weighted by Crippen LogP contribution is 2.16. The zero-order valence-corrected chi connectivity index (χ0v) is 12.9. The van der Waals surface area contributed by atoms with Gasteiger partial charge in [0, 0.05) is 23.6 Å². The molecule has 0 bridgehead atoms. The van der Waals surface area contributed by atoms with Gasteiger partial charge in [-0.1, -0.05) is 28.1 Å². The van der Waals surface area contributed by atoms with Crippen LogP contribution in [0.2, 0.25) is 0 Å². The minimum Gasteiger partial charge on any atom is -0.342 e. The van der Waals surface area contributed by atoms with Gasteiger partial charge in [-0.05, 0) is 43.9 Å². The lowest BCUT2D eigenvalue weighted by Crippen LogP contribution is -2.41. The second kappa shape index (κ2) is 7.06. The van der Waals surface area contributed by atoms with E-state index in [2.05, 4.69) is 40.3 Å². The van der Waals surface area contributed by atoms with E-state index in [1.807, 2.05) is 17.0 Å². The van der Waals surface area contributed by atoms with Crippen molar-refractivity contribution in [2.75, 3.05) is 19.6 Å². The molecule has 0 aromatic heterocycles. The summed E-state index contributed by atoms with van der Waals surface area (Å²) in [4.78, 5) is 14.0. The standard InChI is InChI=1S/C15H21BrN2O/c1-12(13-5-7-14(16)8-6-13)17-11-15(19)18-9-3-2-4-10-18/h5-8,12,17H,2-4,9-11H2,1H3/t12-/m1/s1. The first-order chi connectivity index (χ1) is 9.16. The average molecular weight is 325 g/mol. The summed E-state index contributed by atoms with van der Waals surface area (Å²) in [5.74, 6) is 0.226. The molecule has 1 aliphatic rings. The molecule has 0 saturated carbocycles. The van der Waals surface area contributed by atoms with Crippen molar-refractivity contribution in [1.29, 1.82) is 0 Å². The van der Waals surface area contributed by atoms with Crippen LogP contribution < -0.4 is 5.32 Å². The van der Waals surface area contributed by atoms with Crippen molar-refractivity contribution in [2.24, 2.45) is 0 Å². The van der Waals surface area contributed by atoms with Gasteiger partial charge in [-0.2, -0.15) is 0 Å². The van der Waals surface area contributed by atoms with Gasteiger partial charge in [-0.15, -0.1) is 0 Å². The van der Waals surface area contributed by atoms with E-state index in [-0.39, 0.29) is 11.9 Å². The zero-order chi connectivity index (χ0) is 13.7. The van der Waals surface area contributed by atoms with Crippen LogP contribution in [0.25, 0.3) is 0 Å². The number of nitrogens with one attached hydrogen (secondary N) is 1. The van der Waals surface area contributed by atoms with E-state index >= 15 is 0 Å². The monoisotopic (exact) mass is 324 g/mol. The van der Waals surface area contributed by atoms with Crippen LogP contribution in [0.15, 0.2) is 28.7 Å². The maximum absolute atomic E-state index is 12.0. The highest BCUT2D eigenvalue weighted by molar-refractivity contribution is 9.10. The lowest BCUT2D eigenvalue weighted by Gasteiger charge is -2.27. The number of benzene rings is 1. The number of likely N-dealkylation sites (tertiary alicyclic amines) is 1. The van der Waals surface area contributed by atoms with E-state index in [1.54, 1.807) is 0 Å². The molecule has 1 atom stereocenters. The van der Waals surface area contributed by atoms with E-state index < -0.39 is 0 Å². The molecule has 0 radical (unpaired) electrons. The van der Waals surface area contributed by atoms with Crippen LogP contribution in [0.1, 0.15) is 37.8 Å². The van der Waals surface area contributed by atoms with Gasteiger partial charge in [0.25, 0.3) is 0 Å². The number of nitrogens with zero attached hydrogens (tertiary/aromatic N) is 1. The fourth-order valence-corrected chi connectivity index (χ4v) is 2.63. The van der Waals surface area contributed by atoms with Gasteiger partial charge in [-0.3, -0.25) is 4.79 Å². The Hall–Kier alpha value is -0.870. The average Bonchev–Trinajstić information content (AvgIpc) is 2.46. The first-order valence-electron chi connectivity index (χ1n) is 6.93. The number of hydrogen-bond donors (Lipinski definition) is 1. The maximum Gasteiger partial charge on any atom is 0.236 e. The van der Waals surface area contributed by atoms with Gasteiger partial charge in [0.05, 0.1) is 6.54 Å². The van der Waals surface area contributed by atoms with Gasteiger partial charge in [-0.25, -0.2) is 0 Å². The Morgan fingerprint density at radius 2 is 1.89 bits per heavy atom. The van der Waals surface area contributed by atoms with Crippen molar-refractivity contribution in [3.8, 4) is 0 Å². The summed E-state index contributed by atoms with van der Waals surface area (Å²) >= 11 is 3.43. The van der Waals surface area contributed by atoms with Gasteiger partial charge < -0.3 is 10.2 Å². The molecule has 1 aliphatic heterocycles. The molecule has 19 heavy (non-hydrogen) atoms. The highest BCUT2D eigenvalue weighted by atomic mass is 79.9. The molecule has 0 aliphatic carbocycles. The van der Waals surface area contributed by atoms with E-state index in [4.69, 9.17) is 0 Å². The summed E-state index contributed by atoms with van der Waals surface area (Å²) in [6.45, 7) is 4.37. The number of amides is 1. The predicted molar refractivity (Wildman–Crippen MR) is 81.0 cm³/mol. The van der Waals surface area contributed by atoms with Gasteiger partial charge >= 0.3 is 0 Å². The predicted octanol–water partition coefficient (Wildman–Crippen LogP) is 3.11. The van der Waals surface area contributed by atoms with Crippen LogP contribution in [-0.2, 0) is 4.79 Å². The molecule has 3 nitrogen and oxygen atoms in total. The second-order valence-electron chi connectivity index (χ2n) is 5.10. The largest absolute Gasteiger partial charge is 0.342 e. The Bertz CT molecular complexity index is 413. The van der Waals surface area contributed by atoms with E-state index in [1.165, 1.54) is 12.0 Å². The molecule has 1 aromatic carbocycles. The summed E-state index contributed by atoms with van der Waals surface area (Å²) in [5, 5.41) is 3.31. The third-order valence-corrected chi connectivity index (χ3v) is 4.17. The smallest absolute Gasteiger partial charge is 0.236 e. The zero-order valence-electron chi connectivity index (χ0n) is 11.4. The summed E-state index contributed by atoms with van der Waals surface area (Å²) in [5.41, 5.74) is 1.20. The van der Waals surface area contributed by atoms with Crippen LogP contribution in [-0.4, -0.2) is 30.4 Å². The highest BCUT2D eigenvalue weighted by Gasteiger charge is 2.16. The van der Waals surface area contributed by atoms with Crippen LogP contribution in [0, 0.1) is 0 Å². The summed E-state index contributed by atoms with van der Waals surface area (Å²) in [7, 11) is 0. The lowest BCUT2D eigenvalue weighted by molar-refractivity contribution is -0.131. The normalized spacial score (nSPS) is 17.3. The maximum atomic E-state index is 12.0. The molecule has 1 N–H and O–H groups in total. The molecule has 1 fully saturated rings. The van der Waals surface area contributed by atoms with E-state index in [0.29, 0.717) is 6.54 Å². The molecule has 0 unspecified atom stereocenters. The Labute approximate surface area is 123 Å². The number of carbonyl (C=O) groups excluding carboxylic acids is 1.